The normalized spacial score (nSPS) is 27.6. The Bertz CT molecular complexity index is 178. The third kappa shape index (κ3) is 3.41. The highest BCUT2D eigenvalue weighted by Gasteiger charge is 2.29. The summed E-state index contributed by atoms with van der Waals surface area (Å²) in [5.74, 6) is 0. The van der Waals surface area contributed by atoms with Crippen LogP contribution in [0.5, 0.6) is 0 Å². The molecule has 0 aromatic rings. The van der Waals surface area contributed by atoms with Gasteiger partial charge in [-0.3, -0.25) is 4.90 Å². The molecule has 1 fully saturated rings. The van der Waals surface area contributed by atoms with Crippen LogP contribution in [0.2, 0.25) is 0 Å². The second kappa shape index (κ2) is 6.43. The van der Waals surface area contributed by atoms with Gasteiger partial charge < -0.3 is 15.6 Å². The molecule has 3 atom stereocenters. The number of likely N-dealkylation sites (tertiary alicyclic amines) is 1. The van der Waals surface area contributed by atoms with Gasteiger partial charge in [-0.2, -0.15) is 0 Å². The van der Waals surface area contributed by atoms with E-state index < -0.39 is 0 Å². The van der Waals surface area contributed by atoms with Crippen LogP contribution in [0.15, 0.2) is 0 Å². The summed E-state index contributed by atoms with van der Waals surface area (Å²) in [5, 5.41) is 9.42. The average Bonchev–Trinajstić information content (AvgIpc) is 2.22. The Morgan fingerprint density at radius 1 is 1.53 bits per heavy atom. The summed E-state index contributed by atoms with van der Waals surface area (Å²) in [4.78, 5) is 2.33. The molecule has 4 heteroatoms. The fourth-order valence-corrected chi connectivity index (χ4v) is 2.40. The van der Waals surface area contributed by atoms with Gasteiger partial charge in [0.15, 0.2) is 0 Å². The lowest BCUT2D eigenvalue weighted by molar-refractivity contribution is 0.0312. The minimum Gasteiger partial charge on any atom is -0.395 e. The second-order valence-corrected chi connectivity index (χ2v) is 4.45. The molecule has 1 heterocycles. The van der Waals surface area contributed by atoms with Crippen LogP contribution in [0.3, 0.4) is 0 Å². The minimum atomic E-state index is -0.0967. The van der Waals surface area contributed by atoms with Crippen molar-refractivity contribution in [3.05, 3.63) is 0 Å². The van der Waals surface area contributed by atoms with Crippen molar-refractivity contribution < 1.29 is 9.84 Å². The van der Waals surface area contributed by atoms with Gasteiger partial charge in [-0.25, -0.2) is 0 Å². The molecule has 3 unspecified atom stereocenters. The van der Waals surface area contributed by atoms with Gasteiger partial charge in [0.25, 0.3) is 0 Å². The Morgan fingerprint density at radius 2 is 2.27 bits per heavy atom. The quantitative estimate of drug-likeness (QED) is 0.689. The van der Waals surface area contributed by atoms with Crippen molar-refractivity contribution >= 4 is 0 Å². The fourth-order valence-electron chi connectivity index (χ4n) is 2.40. The van der Waals surface area contributed by atoms with Crippen molar-refractivity contribution in [1.82, 2.24) is 4.90 Å². The first-order chi connectivity index (χ1) is 7.20. The number of methoxy groups -OCH3 is 1. The van der Waals surface area contributed by atoms with Crippen LogP contribution in [0.1, 0.15) is 26.2 Å². The number of ether oxygens (including phenoxy) is 1. The molecule has 0 radical (unpaired) electrons. The van der Waals surface area contributed by atoms with Gasteiger partial charge in [-0.05, 0) is 26.3 Å². The summed E-state index contributed by atoms with van der Waals surface area (Å²) < 4.78 is 5.05. The Labute approximate surface area is 92.4 Å². The lowest BCUT2D eigenvalue weighted by Gasteiger charge is -2.41. The van der Waals surface area contributed by atoms with Gasteiger partial charge in [-0.1, -0.05) is 6.42 Å². The molecule has 15 heavy (non-hydrogen) atoms. The molecule has 3 N–H and O–H groups in total. The first-order valence-electron chi connectivity index (χ1n) is 5.81. The largest absolute Gasteiger partial charge is 0.395 e. The Hall–Kier alpha value is -0.160. The lowest BCUT2D eigenvalue weighted by atomic mass is 9.98. The maximum atomic E-state index is 9.42. The molecule has 1 aliphatic heterocycles. The van der Waals surface area contributed by atoms with Crippen LogP contribution >= 0.6 is 0 Å². The average molecular weight is 216 g/mol. The zero-order valence-corrected chi connectivity index (χ0v) is 9.85. The molecule has 1 aliphatic rings. The Morgan fingerprint density at radius 3 is 2.80 bits per heavy atom. The number of hydrogen-bond acceptors (Lipinski definition) is 4. The molecule has 90 valence electrons. The smallest absolute Gasteiger partial charge is 0.0629 e. The van der Waals surface area contributed by atoms with Gasteiger partial charge in [-0.15, -0.1) is 0 Å². The van der Waals surface area contributed by atoms with Gasteiger partial charge in [0.2, 0.25) is 0 Å². The highest BCUT2D eigenvalue weighted by atomic mass is 16.5. The number of nitrogens with zero attached hydrogens (tertiary/aromatic N) is 1. The zero-order valence-electron chi connectivity index (χ0n) is 9.85. The monoisotopic (exact) mass is 216 g/mol. The van der Waals surface area contributed by atoms with E-state index in [-0.39, 0.29) is 18.7 Å². The molecule has 4 nitrogen and oxygen atoms in total. The van der Waals surface area contributed by atoms with E-state index in [1.807, 2.05) is 0 Å². The zero-order chi connectivity index (χ0) is 11.3. The van der Waals surface area contributed by atoms with E-state index in [0.29, 0.717) is 12.6 Å². The number of aliphatic hydroxyl groups excluding tert-OH is 1. The van der Waals surface area contributed by atoms with Crippen molar-refractivity contribution in [3.8, 4) is 0 Å². The maximum absolute atomic E-state index is 9.42. The third-order valence-corrected chi connectivity index (χ3v) is 3.32. The van der Waals surface area contributed by atoms with Gasteiger partial charge in [0.05, 0.1) is 19.3 Å². The van der Waals surface area contributed by atoms with Crippen molar-refractivity contribution in [3.63, 3.8) is 0 Å². The molecule has 0 saturated carbocycles. The summed E-state index contributed by atoms with van der Waals surface area (Å²) in [5.41, 5.74) is 6.01. The summed E-state index contributed by atoms with van der Waals surface area (Å²) in [6.45, 7) is 3.88. The van der Waals surface area contributed by atoms with Crippen LogP contribution in [0.4, 0.5) is 0 Å². The predicted octanol–water partition coefficient (Wildman–Crippen LogP) is 0.195. The molecule has 0 spiro atoms. The van der Waals surface area contributed by atoms with Crippen molar-refractivity contribution in [2.75, 3.05) is 26.9 Å². The van der Waals surface area contributed by atoms with E-state index in [1.165, 1.54) is 19.3 Å². The van der Waals surface area contributed by atoms with E-state index in [0.717, 1.165) is 6.54 Å². The number of hydrogen-bond donors (Lipinski definition) is 2. The van der Waals surface area contributed by atoms with Gasteiger partial charge in [0, 0.05) is 19.2 Å². The maximum Gasteiger partial charge on any atom is 0.0629 e. The van der Waals surface area contributed by atoms with Crippen LogP contribution in [-0.4, -0.2) is 55.0 Å². The Balaban J connectivity index is 2.54. The SMILES string of the molecule is COCC(N)C(CO)N1CCCCC1C. The predicted molar refractivity (Wildman–Crippen MR) is 60.7 cm³/mol. The van der Waals surface area contributed by atoms with E-state index in [4.69, 9.17) is 10.5 Å². The summed E-state index contributed by atoms with van der Waals surface area (Å²) in [7, 11) is 1.65. The number of aliphatic hydroxyl groups is 1. The molecule has 0 aromatic heterocycles. The van der Waals surface area contributed by atoms with Crippen LogP contribution in [0.25, 0.3) is 0 Å². The van der Waals surface area contributed by atoms with Crippen molar-refractivity contribution in [1.29, 1.82) is 0 Å². The number of piperidine rings is 1. The van der Waals surface area contributed by atoms with Crippen molar-refractivity contribution in [2.45, 2.75) is 44.3 Å². The van der Waals surface area contributed by atoms with Gasteiger partial charge in [0.1, 0.15) is 0 Å². The standard InChI is InChI=1S/C11H24N2O2/c1-9-5-3-4-6-13(9)11(7-14)10(12)8-15-2/h9-11,14H,3-8,12H2,1-2H3. The molecule has 0 aliphatic carbocycles. The van der Waals surface area contributed by atoms with E-state index in [2.05, 4.69) is 11.8 Å². The second-order valence-electron chi connectivity index (χ2n) is 4.45. The molecule has 1 rings (SSSR count). The fraction of sp³-hybridized carbons (Fsp3) is 1.00. The van der Waals surface area contributed by atoms with E-state index in [1.54, 1.807) is 7.11 Å². The topological polar surface area (TPSA) is 58.7 Å². The lowest BCUT2D eigenvalue weighted by Crippen LogP contribution is -2.56. The molecule has 0 bridgehead atoms. The summed E-state index contributed by atoms with van der Waals surface area (Å²) in [6, 6.07) is 0.472. The number of rotatable bonds is 5. The summed E-state index contributed by atoms with van der Waals surface area (Å²) >= 11 is 0. The molecular weight excluding hydrogens is 192 g/mol. The van der Waals surface area contributed by atoms with E-state index in [9.17, 15) is 5.11 Å². The highest BCUT2D eigenvalue weighted by molar-refractivity contribution is 4.86. The summed E-state index contributed by atoms with van der Waals surface area (Å²) in [6.07, 6.45) is 3.70. The molecular formula is C11H24N2O2. The molecule has 0 amide bonds. The molecule has 0 aromatic carbocycles. The van der Waals surface area contributed by atoms with Gasteiger partial charge >= 0.3 is 0 Å². The van der Waals surface area contributed by atoms with Crippen LogP contribution in [-0.2, 0) is 4.74 Å². The highest BCUT2D eigenvalue weighted by Crippen LogP contribution is 2.20. The first kappa shape index (κ1) is 12.9. The van der Waals surface area contributed by atoms with Crippen LogP contribution in [0, 0.1) is 0 Å². The molecule has 1 saturated heterocycles. The third-order valence-electron chi connectivity index (χ3n) is 3.32. The first-order valence-corrected chi connectivity index (χ1v) is 5.81. The minimum absolute atomic E-state index is 0.0419. The Kier molecular flexibility index (Phi) is 5.53. The van der Waals surface area contributed by atoms with E-state index >= 15 is 0 Å². The van der Waals surface area contributed by atoms with Crippen LogP contribution < -0.4 is 5.73 Å². The van der Waals surface area contributed by atoms with Crippen molar-refractivity contribution in [2.24, 2.45) is 5.73 Å². The number of nitrogens with two attached hydrogens (primary N) is 1.